The van der Waals surface area contributed by atoms with Gasteiger partial charge in [-0.15, -0.1) is 11.8 Å². The summed E-state index contributed by atoms with van der Waals surface area (Å²) < 4.78 is 25.7. The standard InChI is InChI=1S/C15H24N2O2S2.C2H2O4/c1-3-12-21(18,19)17-10-8-16(9-11-17)13-14-4-6-15(20-2)7-5-14;3-1(4)2(5)6/h4-7H,3,8-13H2,1-2H3;(H,3,4)(H,5,6). The molecule has 0 bridgehead atoms. The zero-order chi connectivity index (χ0) is 20.4. The van der Waals surface area contributed by atoms with Gasteiger partial charge in [-0.1, -0.05) is 19.1 Å². The second-order valence-corrected chi connectivity index (χ2v) is 8.92. The third kappa shape index (κ3) is 8.29. The van der Waals surface area contributed by atoms with Crippen LogP contribution in [0.25, 0.3) is 0 Å². The van der Waals surface area contributed by atoms with E-state index in [2.05, 4.69) is 35.4 Å². The van der Waals surface area contributed by atoms with Crippen molar-refractivity contribution < 1.29 is 28.2 Å². The van der Waals surface area contributed by atoms with Crippen molar-refractivity contribution in [2.24, 2.45) is 0 Å². The van der Waals surface area contributed by atoms with Crippen molar-refractivity contribution in [1.29, 1.82) is 0 Å². The van der Waals surface area contributed by atoms with Crippen LogP contribution in [0.2, 0.25) is 0 Å². The van der Waals surface area contributed by atoms with E-state index >= 15 is 0 Å². The van der Waals surface area contributed by atoms with Crippen molar-refractivity contribution in [1.82, 2.24) is 9.21 Å². The normalized spacial score (nSPS) is 15.6. The van der Waals surface area contributed by atoms with Crippen molar-refractivity contribution in [3.05, 3.63) is 29.8 Å². The van der Waals surface area contributed by atoms with Crippen LogP contribution in [-0.4, -0.2) is 78.0 Å². The Balaban J connectivity index is 0.000000527. The van der Waals surface area contributed by atoms with Crippen LogP contribution in [0.4, 0.5) is 0 Å². The van der Waals surface area contributed by atoms with Crippen LogP contribution in [0, 0.1) is 0 Å². The third-order valence-corrected chi connectivity index (χ3v) is 6.75. The second kappa shape index (κ2) is 11.3. The zero-order valence-electron chi connectivity index (χ0n) is 15.5. The van der Waals surface area contributed by atoms with Crippen LogP contribution in [0.5, 0.6) is 0 Å². The third-order valence-electron chi connectivity index (χ3n) is 3.93. The molecule has 1 saturated heterocycles. The monoisotopic (exact) mass is 418 g/mol. The number of hydrogen-bond donors (Lipinski definition) is 2. The van der Waals surface area contributed by atoms with Crippen LogP contribution in [0.1, 0.15) is 18.9 Å². The molecular weight excluding hydrogens is 392 g/mol. The maximum Gasteiger partial charge on any atom is 0.414 e. The molecule has 2 N–H and O–H groups in total. The first-order chi connectivity index (χ1) is 12.7. The maximum absolute atomic E-state index is 12.0. The van der Waals surface area contributed by atoms with Crippen molar-refractivity contribution in [3.8, 4) is 0 Å². The van der Waals surface area contributed by atoms with Gasteiger partial charge < -0.3 is 10.2 Å². The lowest BCUT2D eigenvalue weighted by Gasteiger charge is -2.34. The molecule has 152 valence electrons. The Hall–Kier alpha value is -1.62. The molecule has 0 radical (unpaired) electrons. The van der Waals surface area contributed by atoms with Gasteiger partial charge in [0, 0.05) is 37.6 Å². The zero-order valence-corrected chi connectivity index (χ0v) is 17.1. The van der Waals surface area contributed by atoms with E-state index in [1.165, 1.54) is 10.5 Å². The highest BCUT2D eigenvalue weighted by Gasteiger charge is 2.25. The number of nitrogens with zero attached hydrogens (tertiary/aromatic N) is 2. The van der Waals surface area contributed by atoms with E-state index in [4.69, 9.17) is 19.8 Å². The lowest BCUT2D eigenvalue weighted by atomic mass is 10.2. The number of carboxylic acids is 2. The molecular formula is C17H26N2O6S2. The number of carboxylic acid groups (broad SMARTS) is 2. The highest BCUT2D eigenvalue weighted by atomic mass is 32.2. The molecule has 1 aromatic rings. The largest absolute Gasteiger partial charge is 0.473 e. The molecule has 1 aliphatic heterocycles. The Labute approximate surface area is 164 Å². The van der Waals surface area contributed by atoms with Crippen molar-refractivity contribution >= 4 is 33.7 Å². The quantitative estimate of drug-likeness (QED) is 0.526. The first-order valence-corrected chi connectivity index (χ1v) is 11.3. The molecule has 0 atom stereocenters. The summed E-state index contributed by atoms with van der Waals surface area (Å²) in [6.45, 7) is 5.67. The average molecular weight is 419 g/mol. The van der Waals surface area contributed by atoms with Gasteiger partial charge in [-0.05, 0) is 30.4 Å². The van der Waals surface area contributed by atoms with Crippen LogP contribution >= 0.6 is 11.8 Å². The molecule has 1 aliphatic rings. The summed E-state index contributed by atoms with van der Waals surface area (Å²) in [5.41, 5.74) is 1.29. The fourth-order valence-electron chi connectivity index (χ4n) is 2.54. The summed E-state index contributed by atoms with van der Waals surface area (Å²) in [5, 5.41) is 14.8. The van der Waals surface area contributed by atoms with Crippen LogP contribution < -0.4 is 0 Å². The Morgan fingerprint density at radius 1 is 1.04 bits per heavy atom. The van der Waals surface area contributed by atoms with Crippen molar-refractivity contribution in [2.45, 2.75) is 24.8 Å². The highest BCUT2D eigenvalue weighted by molar-refractivity contribution is 7.98. The first kappa shape index (κ1) is 23.4. The summed E-state index contributed by atoms with van der Waals surface area (Å²) in [6, 6.07) is 8.60. The fourth-order valence-corrected chi connectivity index (χ4v) is 4.44. The van der Waals surface area contributed by atoms with E-state index in [0.717, 1.165) is 19.6 Å². The number of sulfonamides is 1. The van der Waals surface area contributed by atoms with E-state index in [-0.39, 0.29) is 5.75 Å². The van der Waals surface area contributed by atoms with Gasteiger partial charge >= 0.3 is 11.9 Å². The first-order valence-electron chi connectivity index (χ1n) is 8.49. The average Bonchev–Trinajstić information content (AvgIpc) is 2.63. The Morgan fingerprint density at radius 3 is 1.96 bits per heavy atom. The molecule has 0 unspecified atom stereocenters. The predicted octanol–water partition coefficient (Wildman–Crippen LogP) is 1.42. The van der Waals surface area contributed by atoms with Crippen LogP contribution in [0.15, 0.2) is 29.2 Å². The molecule has 2 rings (SSSR count). The number of thioether (sulfide) groups is 1. The van der Waals surface area contributed by atoms with E-state index in [1.54, 1.807) is 16.1 Å². The number of aliphatic carboxylic acids is 2. The lowest BCUT2D eigenvalue weighted by molar-refractivity contribution is -0.159. The minimum absolute atomic E-state index is 0.267. The smallest absolute Gasteiger partial charge is 0.414 e. The maximum atomic E-state index is 12.0. The van der Waals surface area contributed by atoms with Crippen molar-refractivity contribution in [3.63, 3.8) is 0 Å². The summed E-state index contributed by atoms with van der Waals surface area (Å²) in [5.74, 6) is -3.38. The number of piperazine rings is 1. The summed E-state index contributed by atoms with van der Waals surface area (Å²) in [4.78, 5) is 21.8. The van der Waals surface area contributed by atoms with Gasteiger partial charge in [0.15, 0.2) is 0 Å². The summed E-state index contributed by atoms with van der Waals surface area (Å²) in [6.07, 6.45) is 2.76. The molecule has 0 aliphatic carbocycles. The Kier molecular flexibility index (Phi) is 9.78. The number of benzene rings is 1. The molecule has 1 heterocycles. The van der Waals surface area contributed by atoms with E-state index in [9.17, 15) is 8.42 Å². The topological polar surface area (TPSA) is 115 Å². The molecule has 27 heavy (non-hydrogen) atoms. The van der Waals surface area contributed by atoms with Gasteiger partial charge in [0.05, 0.1) is 5.75 Å². The van der Waals surface area contributed by atoms with Gasteiger partial charge in [-0.2, -0.15) is 4.31 Å². The Bertz CT molecular complexity index is 701. The number of rotatable bonds is 6. The van der Waals surface area contributed by atoms with Gasteiger partial charge in [-0.25, -0.2) is 18.0 Å². The summed E-state index contributed by atoms with van der Waals surface area (Å²) >= 11 is 1.74. The number of hydrogen-bond acceptors (Lipinski definition) is 6. The predicted molar refractivity (Wildman–Crippen MR) is 104 cm³/mol. The summed E-state index contributed by atoms with van der Waals surface area (Å²) in [7, 11) is -3.03. The molecule has 0 aromatic heterocycles. The van der Waals surface area contributed by atoms with Crippen LogP contribution in [0.3, 0.4) is 0 Å². The SMILES string of the molecule is CCCS(=O)(=O)N1CCN(Cc2ccc(SC)cc2)CC1.O=C(O)C(=O)O. The van der Waals surface area contributed by atoms with Gasteiger partial charge in [0.1, 0.15) is 0 Å². The minimum atomic E-state index is -3.03. The van der Waals surface area contributed by atoms with Crippen molar-refractivity contribution in [2.75, 3.05) is 38.2 Å². The highest BCUT2D eigenvalue weighted by Crippen LogP contribution is 2.17. The molecule has 0 amide bonds. The Morgan fingerprint density at radius 2 is 1.56 bits per heavy atom. The lowest BCUT2D eigenvalue weighted by Crippen LogP contribution is -2.48. The van der Waals surface area contributed by atoms with E-state index in [1.807, 2.05) is 6.92 Å². The molecule has 0 saturated carbocycles. The molecule has 1 aromatic carbocycles. The van der Waals surface area contributed by atoms with Crippen LogP contribution in [-0.2, 0) is 26.2 Å². The van der Waals surface area contributed by atoms with E-state index < -0.39 is 22.0 Å². The molecule has 8 nitrogen and oxygen atoms in total. The number of carbonyl (C=O) groups is 2. The fraction of sp³-hybridized carbons (Fsp3) is 0.529. The second-order valence-electron chi connectivity index (χ2n) is 5.95. The van der Waals surface area contributed by atoms with E-state index in [0.29, 0.717) is 19.5 Å². The van der Waals surface area contributed by atoms with Gasteiger partial charge in [0.25, 0.3) is 0 Å². The minimum Gasteiger partial charge on any atom is -0.473 e. The molecule has 10 heteroatoms. The molecule has 0 spiro atoms. The molecule has 1 fully saturated rings. The van der Waals surface area contributed by atoms with Gasteiger partial charge in [0.2, 0.25) is 10.0 Å². The van der Waals surface area contributed by atoms with Gasteiger partial charge in [-0.3, -0.25) is 4.90 Å².